The minimum atomic E-state index is 0.284. The van der Waals surface area contributed by atoms with Gasteiger partial charge in [-0.3, -0.25) is 9.59 Å². The maximum atomic E-state index is 12.4. The summed E-state index contributed by atoms with van der Waals surface area (Å²) in [5.74, 6) is 2.24. The molecule has 2 aliphatic carbocycles. The predicted molar refractivity (Wildman–Crippen MR) is 167 cm³/mol. The molecule has 39 heavy (non-hydrogen) atoms. The molecule has 228 valence electrons. The van der Waals surface area contributed by atoms with Crippen molar-refractivity contribution < 1.29 is 9.59 Å². The van der Waals surface area contributed by atoms with Gasteiger partial charge >= 0.3 is 0 Å². The van der Waals surface area contributed by atoms with Gasteiger partial charge in [0.2, 0.25) is 11.8 Å². The molecule has 0 spiro atoms. The molecule has 0 unspecified atom stereocenters. The number of nitrogens with one attached hydrogen (secondary N) is 2. The highest BCUT2D eigenvalue weighted by Crippen LogP contribution is 2.35. The Morgan fingerprint density at radius 3 is 1.10 bits per heavy atom. The molecule has 0 bridgehead atoms. The number of amides is 2. The van der Waals surface area contributed by atoms with Crippen LogP contribution < -0.4 is 10.6 Å². The van der Waals surface area contributed by atoms with Crippen molar-refractivity contribution >= 4 is 11.8 Å². The monoisotopic (exact) mass is 547 g/mol. The van der Waals surface area contributed by atoms with Crippen LogP contribution >= 0.6 is 0 Å². The van der Waals surface area contributed by atoms with Crippen LogP contribution in [0.1, 0.15) is 187 Å². The van der Waals surface area contributed by atoms with Crippen LogP contribution in [0.5, 0.6) is 0 Å². The van der Waals surface area contributed by atoms with Crippen molar-refractivity contribution in [1.29, 1.82) is 0 Å². The van der Waals surface area contributed by atoms with E-state index in [9.17, 15) is 9.59 Å². The van der Waals surface area contributed by atoms with Gasteiger partial charge in [-0.05, 0) is 82.5 Å². The molecule has 0 aliphatic heterocycles. The van der Waals surface area contributed by atoms with Crippen LogP contribution in [0.4, 0.5) is 0 Å². The third-order valence-electron chi connectivity index (χ3n) is 9.61. The van der Waals surface area contributed by atoms with E-state index in [4.69, 9.17) is 0 Å². The molecule has 0 aromatic rings. The van der Waals surface area contributed by atoms with E-state index in [1.807, 2.05) is 0 Å². The van der Waals surface area contributed by atoms with Crippen molar-refractivity contribution in [2.75, 3.05) is 0 Å². The highest BCUT2D eigenvalue weighted by atomic mass is 16.2. The van der Waals surface area contributed by atoms with Crippen LogP contribution in [0.2, 0.25) is 0 Å². The maximum absolute atomic E-state index is 12.4. The summed E-state index contributed by atoms with van der Waals surface area (Å²) in [7, 11) is 0. The van der Waals surface area contributed by atoms with Gasteiger partial charge in [-0.25, -0.2) is 0 Å². The summed E-state index contributed by atoms with van der Waals surface area (Å²) in [6.45, 7) is 4.53. The number of hydrogen-bond donors (Lipinski definition) is 2. The van der Waals surface area contributed by atoms with Gasteiger partial charge in [0.05, 0.1) is 0 Å². The lowest BCUT2D eigenvalue weighted by Gasteiger charge is -2.34. The largest absolute Gasteiger partial charge is 0.353 e. The summed E-state index contributed by atoms with van der Waals surface area (Å²) in [6, 6.07) is 0.824. The van der Waals surface area contributed by atoms with Gasteiger partial charge in [-0.15, -0.1) is 0 Å². The molecular formula is C35H66N2O2. The Balaban J connectivity index is 1.44. The van der Waals surface area contributed by atoms with E-state index in [0.29, 0.717) is 24.9 Å². The number of rotatable bonds is 22. The second-order valence-corrected chi connectivity index (χ2v) is 13.3. The summed E-state index contributed by atoms with van der Waals surface area (Å²) in [5.41, 5.74) is 0. The predicted octanol–water partition coefficient (Wildman–Crippen LogP) is 9.79. The van der Waals surface area contributed by atoms with E-state index in [-0.39, 0.29) is 11.8 Å². The Morgan fingerprint density at radius 2 is 0.769 bits per heavy atom. The van der Waals surface area contributed by atoms with Gasteiger partial charge in [0.15, 0.2) is 0 Å². The van der Waals surface area contributed by atoms with Gasteiger partial charge < -0.3 is 10.6 Å². The van der Waals surface area contributed by atoms with Crippen LogP contribution in [0, 0.1) is 11.8 Å². The molecule has 2 rings (SSSR count). The third-order valence-corrected chi connectivity index (χ3v) is 9.61. The van der Waals surface area contributed by atoms with Crippen LogP contribution in [0.15, 0.2) is 0 Å². The SMILES string of the molecule is CCCCCCCCCCC(=O)NC1CCC(CC2CCC(NC(=O)CCCCCCCCCC)CC2)CC1. The minimum Gasteiger partial charge on any atom is -0.353 e. The molecule has 0 aromatic heterocycles. The van der Waals surface area contributed by atoms with Gasteiger partial charge in [-0.1, -0.05) is 104 Å². The fourth-order valence-electron chi connectivity index (χ4n) is 6.99. The fraction of sp³-hybridized carbons (Fsp3) is 0.943. The van der Waals surface area contributed by atoms with Crippen molar-refractivity contribution in [1.82, 2.24) is 10.6 Å². The summed E-state index contributed by atoms with van der Waals surface area (Å²) in [5, 5.41) is 6.68. The third kappa shape index (κ3) is 17.4. The Kier molecular flexibility index (Phi) is 19.8. The van der Waals surface area contributed by atoms with Gasteiger partial charge in [0.25, 0.3) is 0 Å². The quantitative estimate of drug-likeness (QED) is 0.133. The van der Waals surface area contributed by atoms with E-state index in [0.717, 1.165) is 50.4 Å². The maximum Gasteiger partial charge on any atom is 0.220 e. The summed E-state index contributed by atoms with van der Waals surface area (Å²) in [6.07, 6.45) is 33.1. The molecule has 2 saturated carbocycles. The lowest BCUT2D eigenvalue weighted by molar-refractivity contribution is -0.123. The molecule has 2 aliphatic rings. The number of hydrogen-bond acceptors (Lipinski definition) is 2. The Morgan fingerprint density at radius 1 is 0.462 bits per heavy atom. The Hall–Kier alpha value is -1.06. The highest BCUT2D eigenvalue weighted by molar-refractivity contribution is 5.76. The van der Waals surface area contributed by atoms with Crippen LogP contribution in [-0.2, 0) is 9.59 Å². The fourth-order valence-corrected chi connectivity index (χ4v) is 6.99. The molecule has 0 saturated heterocycles. The number of carbonyl (C=O) groups excluding carboxylic acids is 2. The van der Waals surface area contributed by atoms with Crippen molar-refractivity contribution in [3.05, 3.63) is 0 Å². The zero-order valence-electron chi connectivity index (χ0n) is 26.2. The molecule has 0 atom stereocenters. The van der Waals surface area contributed by atoms with E-state index < -0.39 is 0 Å². The van der Waals surface area contributed by atoms with Crippen molar-refractivity contribution in [2.24, 2.45) is 11.8 Å². The smallest absolute Gasteiger partial charge is 0.220 e. The molecule has 4 nitrogen and oxygen atoms in total. The van der Waals surface area contributed by atoms with Gasteiger partial charge in [0, 0.05) is 24.9 Å². The second kappa shape index (κ2) is 22.6. The molecule has 2 amide bonds. The number of unbranched alkanes of at least 4 members (excludes halogenated alkanes) is 14. The highest BCUT2D eigenvalue weighted by Gasteiger charge is 2.28. The summed E-state index contributed by atoms with van der Waals surface area (Å²) >= 11 is 0. The van der Waals surface area contributed by atoms with Gasteiger partial charge in [0.1, 0.15) is 0 Å². The lowest BCUT2D eigenvalue weighted by Crippen LogP contribution is -2.39. The van der Waals surface area contributed by atoms with E-state index in [1.54, 1.807) is 0 Å². The van der Waals surface area contributed by atoms with Crippen molar-refractivity contribution in [3.8, 4) is 0 Å². The van der Waals surface area contributed by atoms with Crippen LogP contribution in [0.25, 0.3) is 0 Å². The zero-order chi connectivity index (χ0) is 28.0. The first-order chi connectivity index (χ1) is 19.1. The first-order valence-corrected chi connectivity index (χ1v) is 17.7. The van der Waals surface area contributed by atoms with E-state index in [1.165, 1.54) is 122 Å². The molecule has 2 fully saturated rings. The number of carbonyl (C=O) groups is 2. The Bertz CT molecular complexity index is 554. The normalized spacial score (nSPS) is 23.4. The average molecular weight is 547 g/mol. The van der Waals surface area contributed by atoms with Crippen molar-refractivity contribution in [2.45, 2.75) is 199 Å². The summed E-state index contributed by atoms with van der Waals surface area (Å²) < 4.78 is 0. The Labute approximate surface area is 243 Å². The minimum absolute atomic E-state index is 0.284. The molecule has 0 heterocycles. The standard InChI is InChI=1S/C35H66N2O2/c1-3-5-7-9-11-13-15-17-19-34(38)36-32-25-21-30(22-26-32)29-31-23-27-33(28-24-31)37-35(39)20-18-16-14-12-10-8-6-4-2/h30-33H,3-29H2,1-2H3,(H,36,38)(H,37,39). The second-order valence-electron chi connectivity index (χ2n) is 13.3. The average Bonchev–Trinajstić information content (AvgIpc) is 2.94. The first-order valence-electron chi connectivity index (χ1n) is 17.7. The summed E-state index contributed by atoms with van der Waals surface area (Å²) in [4.78, 5) is 24.8. The molecule has 0 radical (unpaired) electrons. The lowest BCUT2D eigenvalue weighted by atomic mass is 9.75. The molecule has 2 N–H and O–H groups in total. The van der Waals surface area contributed by atoms with Crippen LogP contribution in [-0.4, -0.2) is 23.9 Å². The van der Waals surface area contributed by atoms with Gasteiger partial charge in [-0.2, -0.15) is 0 Å². The van der Waals surface area contributed by atoms with Crippen LogP contribution in [0.3, 0.4) is 0 Å². The van der Waals surface area contributed by atoms with E-state index >= 15 is 0 Å². The zero-order valence-corrected chi connectivity index (χ0v) is 26.2. The topological polar surface area (TPSA) is 58.2 Å². The first kappa shape index (κ1) is 34.1. The molecular weight excluding hydrogens is 480 g/mol. The molecule has 4 heteroatoms. The molecule has 0 aromatic carbocycles. The van der Waals surface area contributed by atoms with E-state index in [2.05, 4.69) is 24.5 Å². The van der Waals surface area contributed by atoms with Crippen molar-refractivity contribution in [3.63, 3.8) is 0 Å².